The van der Waals surface area contributed by atoms with Crippen LogP contribution < -0.4 is 4.90 Å². The number of piperidine rings is 1. The number of nitrogens with zero attached hydrogens (tertiary/aromatic N) is 3. The second-order valence-electron chi connectivity index (χ2n) is 7.52. The van der Waals surface area contributed by atoms with Gasteiger partial charge in [-0.1, -0.05) is 17.7 Å². The first kappa shape index (κ1) is 20.5. The van der Waals surface area contributed by atoms with E-state index in [2.05, 4.69) is 9.88 Å². The number of amides is 1. The number of halogens is 2. The first-order valence-corrected chi connectivity index (χ1v) is 10.4. The van der Waals surface area contributed by atoms with E-state index in [-0.39, 0.29) is 17.8 Å². The van der Waals surface area contributed by atoms with Crippen molar-refractivity contribution in [3.63, 3.8) is 0 Å². The SMILES string of the molecule is O=C(c1cccc(Cl)c1)N(c1ccc(F)cc1)C1CCN(Cc2ccncc2)CC1. The second kappa shape index (κ2) is 9.37. The van der Waals surface area contributed by atoms with Gasteiger partial charge in [0, 0.05) is 54.3 Å². The number of likely N-dealkylation sites (tertiary alicyclic amines) is 1. The summed E-state index contributed by atoms with van der Waals surface area (Å²) in [5, 5.41) is 0.520. The van der Waals surface area contributed by atoms with E-state index >= 15 is 0 Å². The molecule has 1 aliphatic heterocycles. The third kappa shape index (κ3) is 4.86. The molecule has 0 bridgehead atoms. The number of hydrogen-bond donors (Lipinski definition) is 0. The minimum Gasteiger partial charge on any atom is -0.305 e. The van der Waals surface area contributed by atoms with Crippen molar-refractivity contribution in [2.24, 2.45) is 0 Å². The highest BCUT2D eigenvalue weighted by atomic mass is 35.5. The summed E-state index contributed by atoms with van der Waals surface area (Å²) in [5.41, 5.74) is 2.47. The molecule has 30 heavy (non-hydrogen) atoms. The van der Waals surface area contributed by atoms with Crippen molar-refractivity contribution in [2.75, 3.05) is 18.0 Å². The lowest BCUT2D eigenvalue weighted by molar-refractivity contribution is 0.0958. The lowest BCUT2D eigenvalue weighted by atomic mass is 10.00. The van der Waals surface area contributed by atoms with Crippen molar-refractivity contribution in [1.82, 2.24) is 9.88 Å². The summed E-state index contributed by atoms with van der Waals surface area (Å²) >= 11 is 6.11. The summed E-state index contributed by atoms with van der Waals surface area (Å²) < 4.78 is 13.5. The van der Waals surface area contributed by atoms with Gasteiger partial charge in [0.05, 0.1) is 0 Å². The molecule has 154 valence electrons. The van der Waals surface area contributed by atoms with Gasteiger partial charge < -0.3 is 4.90 Å². The number of benzene rings is 2. The first-order valence-electron chi connectivity index (χ1n) is 10.1. The molecule has 0 radical (unpaired) electrons. The molecule has 0 unspecified atom stereocenters. The molecule has 2 heterocycles. The van der Waals surface area contributed by atoms with Gasteiger partial charge in [-0.15, -0.1) is 0 Å². The van der Waals surface area contributed by atoms with Gasteiger partial charge in [0.25, 0.3) is 5.91 Å². The number of carbonyl (C=O) groups is 1. The van der Waals surface area contributed by atoms with Gasteiger partial charge in [-0.3, -0.25) is 14.7 Å². The fraction of sp³-hybridized carbons (Fsp3) is 0.250. The van der Waals surface area contributed by atoms with Crippen molar-refractivity contribution in [3.05, 3.63) is 95.0 Å². The number of carbonyl (C=O) groups excluding carboxylic acids is 1. The molecule has 1 saturated heterocycles. The van der Waals surface area contributed by atoms with E-state index in [0.29, 0.717) is 16.3 Å². The highest BCUT2D eigenvalue weighted by Gasteiger charge is 2.30. The highest BCUT2D eigenvalue weighted by Crippen LogP contribution is 2.27. The topological polar surface area (TPSA) is 36.4 Å². The van der Waals surface area contributed by atoms with E-state index in [1.165, 1.54) is 17.7 Å². The molecule has 1 amide bonds. The fourth-order valence-electron chi connectivity index (χ4n) is 3.94. The Bertz CT molecular complexity index is 989. The molecule has 1 aliphatic rings. The van der Waals surface area contributed by atoms with Crippen molar-refractivity contribution in [3.8, 4) is 0 Å². The lowest BCUT2D eigenvalue weighted by Crippen LogP contribution is -2.47. The average Bonchev–Trinajstić information content (AvgIpc) is 2.77. The Balaban J connectivity index is 1.53. The van der Waals surface area contributed by atoms with Crippen LogP contribution in [0.5, 0.6) is 0 Å². The molecule has 0 saturated carbocycles. The standard InChI is InChI=1S/C24H23ClFN3O/c25-20-3-1-2-19(16-20)24(30)29(22-6-4-21(26)5-7-22)23-10-14-28(15-11-23)17-18-8-12-27-13-9-18/h1-9,12-13,16,23H,10-11,14-15,17H2. The third-order valence-electron chi connectivity index (χ3n) is 5.47. The maximum atomic E-state index is 13.5. The monoisotopic (exact) mass is 423 g/mol. The van der Waals surface area contributed by atoms with Crippen LogP contribution in [0.25, 0.3) is 0 Å². The number of pyridine rings is 1. The third-order valence-corrected chi connectivity index (χ3v) is 5.71. The van der Waals surface area contributed by atoms with Gasteiger partial charge in [0.1, 0.15) is 5.82 Å². The Morgan fingerprint density at radius 2 is 1.77 bits per heavy atom. The molecule has 1 aromatic heterocycles. The minimum atomic E-state index is -0.318. The Morgan fingerprint density at radius 3 is 2.43 bits per heavy atom. The fourth-order valence-corrected chi connectivity index (χ4v) is 4.13. The zero-order valence-corrected chi connectivity index (χ0v) is 17.3. The predicted molar refractivity (Wildman–Crippen MR) is 117 cm³/mol. The summed E-state index contributed by atoms with van der Waals surface area (Å²) in [4.78, 5) is 21.7. The number of rotatable bonds is 5. The lowest BCUT2D eigenvalue weighted by Gasteiger charge is -2.38. The molecule has 3 aromatic rings. The smallest absolute Gasteiger partial charge is 0.258 e. The van der Waals surface area contributed by atoms with Crippen LogP contribution in [-0.2, 0) is 6.54 Å². The van der Waals surface area contributed by atoms with Gasteiger partial charge in [0.2, 0.25) is 0 Å². The van der Waals surface area contributed by atoms with Gasteiger partial charge >= 0.3 is 0 Å². The molecule has 0 aliphatic carbocycles. The Hall–Kier alpha value is -2.76. The van der Waals surface area contributed by atoms with E-state index in [9.17, 15) is 9.18 Å². The van der Waals surface area contributed by atoms with Crippen molar-refractivity contribution in [2.45, 2.75) is 25.4 Å². The average molecular weight is 424 g/mol. The summed E-state index contributed by atoms with van der Waals surface area (Å²) in [5.74, 6) is -0.433. The maximum absolute atomic E-state index is 13.5. The van der Waals surface area contributed by atoms with Crippen molar-refractivity contribution >= 4 is 23.2 Å². The number of anilines is 1. The van der Waals surface area contributed by atoms with Crippen LogP contribution >= 0.6 is 11.6 Å². The van der Waals surface area contributed by atoms with E-state index in [4.69, 9.17) is 11.6 Å². The first-order chi connectivity index (χ1) is 14.6. The molecule has 1 fully saturated rings. The Labute approximate surface area is 180 Å². The molecular formula is C24H23ClFN3O. The maximum Gasteiger partial charge on any atom is 0.258 e. The zero-order chi connectivity index (χ0) is 20.9. The molecule has 0 N–H and O–H groups in total. The Morgan fingerprint density at radius 1 is 1.07 bits per heavy atom. The van der Waals surface area contributed by atoms with Crippen LogP contribution in [0.3, 0.4) is 0 Å². The zero-order valence-electron chi connectivity index (χ0n) is 16.5. The normalized spacial score (nSPS) is 15.1. The van der Waals surface area contributed by atoms with Crippen molar-refractivity contribution in [1.29, 1.82) is 0 Å². The summed E-state index contributed by atoms with van der Waals surface area (Å²) in [6, 6.07) is 17.2. The minimum absolute atomic E-state index is 0.0376. The molecular weight excluding hydrogens is 401 g/mol. The van der Waals surface area contributed by atoms with Crippen LogP contribution in [-0.4, -0.2) is 34.9 Å². The number of hydrogen-bond acceptors (Lipinski definition) is 3. The van der Waals surface area contributed by atoms with E-state index in [1.54, 1.807) is 41.3 Å². The van der Waals surface area contributed by atoms with E-state index in [0.717, 1.165) is 32.5 Å². The van der Waals surface area contributed by atoms with Crippen LogP contribution in [0.1, 0.15) is 28.8 Å². The predicted octanol–water partition coefficient (Wildman–Crippen LogP) is 5.19. The van der Waals surface area contributed by atoms with Crippen molar-refractivity contribution < 1.29 is 9.18 Å². The number of aromatic nitrogens is 1. The largest absolute Gasteiger partial charge is 0.305 e. The molecule has 4 rings (SSSR count). The summed E-state index contributed by atoms with van der Waals surface area (Å²) in [7, 11) is 0. The van der Waals surface area contributed by atoms with Crippen LogP contribution in [0, 0.1) is 5.82 Å². The van der Waals surface area contributed by atoms with Crippen LogP contribution in [0.2, 0.25) is 5.02 Å². The van der Waals surface area contributed by atoms with E-state index < -0.39 is 0 Å². The second-order valence-corrected chi connectivity index (χ2v) is 7.96. The van der Waals surface area contributed by atoms with Gasteiger partial charge in [-0.05, 0) is 73.0 Å². The molecule has 4 nitrogen and oxygen atoms in total. The van der Waals surface area contributed by atoms with Gasteiger partial charge in [-0.2, -0.15) is 0 Å². The van der Waals surface area contributed by atoms with E-state index in [1.807, 2.05) is 24.5 Å². The highest BCUT2D eigenvalue weighted by molar-refractivity contribution is 6.31. The Kier molecular flexibility index (Phi) is 6.41. The quantitative estimate of drug-likeness (QED) is 0.567. The summed E-state index contributed by atoms with van der Waals surface area (Å²) in [6.07, 6.45) is 5.30. The van der Waals surface area contributed by atoms with Gasteiger partial charge in [-0.25, -0.2) is 4.39 Å². The summed E-state index contributed by atoms with van der Waals surface area (Å²) in [6.45, 7) is 2.63. The molecule has 6 heteroatoms. The molecule has 0 spiro atoms. The van der Waals surface area contributed by atoms with Crippen LogP contribution in [0.15, 0.2) is 73.1 Å². The molecule has 0 atom stereocenters. The van der Waals surface area contributed by atoms with Crippen LogP contribution in [0.4, 0.5) is 10.1 Å². The van der Waals surface area contributed by atoms with Gasteiger partial charge in [0.15, 0.2) is 0 Å². The molecule has 2 aromatic carbocycles.